The lowest BCUT2D eigenvalue weighted by Crippen LogP contribution is -2.38. The average molecular weight is 344 g/mol. The summed E-state index contributed by atoms with van der Waals surface area (Å²) in [6.07, 6.45) is 0.848. The van der Waals surface area contributed by atoms with Crippen LogP contribution >= 0.6 is 0 Å². The second kappa shape index (κ2) is 9.71. The molecule has 6 nitrogen and oxygen atoms in total. The minimum absolute atomic E-state index is 0.566. The van der Waals surface area contributed by atoms with Crippen LogP contribution in [0.2, 0.25) is 0 Å². The average Bonchev–Trinajstić information content (AvgIpc) is 2.93. The zero-order valence-electron chi connectivity index (χ0n) is 15.6. The first-order chi connectivity index (χ1) is 12.2. The molecular formula is C19H28N4O2. The van der Waals surface area contributed by atoms with E-state index in [1.165, 1.54) is 0 Å². The van der Waals surface area contributed by atoms with Crippen LogP contribution in [0.15, 0.2) is 33.8 Å². The maximum atomic E-state index is 5.66. The number of ether oxygens (including phenoxy) is 1. The molecule has 2 aromatic rings. The van der Waals surface area contributed by atoms with Gasteiger partial charge in [-0.05, 0) is 40.2 Å². The molecule has 0 saturated carbocycles. The van der Waals surface area contributed by atoms with E-state index in [4.69, 9.17) is 9.26 Å². The number of hydrogen-bond acceptors (Lipinski definition) is 4. The van der Waals surface area contributed by atoms with E-state index >= 15 is 0 Å². The molecule has 0 saturated heterocycles. The third-order valence-electron chi connectivity index (χ3n) is 3.87. The van der Waals surface area contributed by atoms with Crippen molar-refractivity contribution < 1.29 is 9.26 Å². The summed E-state index contributed by atoms with van der Waals surface area (Å²) in [6.45, 7) is 10.7. The van der Waals surface area contributed by atoms with Gasteiger partial charge < -0.3 is 19.9 Å². The Hall–Kier alpha value is -2.50. The van der Waals surface area contributed by atoms with E-state index < -0.39 is 0 Å². The van der Waals surface area contributed by atoms with Gasteiger partial charge in [0.05, 0.1) is 18.8 Å². The predicted octanol–water partition coefficient (Wildman–Crippen LogP) is 2.99. The van der Waals surface area contributed by atoms with E-state index in [9.17, 15) is 0 Å². The number of hydrogen-bond donors (Lipinski definition) is 2. The topological polar surface area (TPSA) is 71.7 Å². The summed E-state index contributed by atoms with van der Waals surface area (Å²) in [7, 11) is 0. The molecule has 1 aromatic carbocycles. The fourth-order valence-corrected chi connectivity index (χ4v) is 2.60. The second-order valence-electron chi connectivity index (χ2n) is 5.72. The number of aliphatic imine (C=N–C) groups is 1. The standard InChI is InChI=1S/C19H28N4O2/c1-5-20-19(21-12-11-17-14(3)23-25-15(17)4)22-13-16-9-7-8-10-18(16)24-6-2/h7-10H,5-6,11-13H2,1-4H3,(H2,20,21,22). The summed E-state index contributed by atoms with van der Waals surface area (Å²) in [5.74, 6) is 2.56. The first-order valence-corrected chi connectivity index (χ1v) is 8.80. The van der Waals surface area contributed by atoms with Crippen LogP contribution in [0.5, 0.6) is 5.75 Å². The molecule has 0 aliphatic heterocycles. The highest BCUT2D eigenvalue weighted by Crippen LogP contribution is 2.18. The summed E-state index contributed by atoms with van der Waals surface area (Å²) in [6, 6.07) is 8.00. The van der Waals surface area contributed by atoms with Gasteiger partial charge in [-0.25, -0.2) is 4.99 Å². The molecule has 25 heavy (non-hydrogen) atoms. The van der Waals surface area contributed by atoms with Crippen molar-refractivity contribution in [2.45, 2.75) is 40.7 Å². The predicted molar refractivity (Wildman–Crippen MR) is 100 cm³/mol. The van der Waals surface area contributed by atoms with Crippen molar-refractivity contribution in [2.75, 3.05) is 19.7 Å². The second-order valence-corrected chi connectivity index (χ2v) is 5.72. The van der Waals surface area contributed by atoms with E-state index in [0.717, 1.165) is 53.8 Å². The minimum Gasteiger partial charge on any atom is -0.494 e. The Morgan fingerprint density at radius 2 is 2.00 bits per heavy atom. The number of aromatic nitrogens is 1. The Morgan fingerprint density at radius 3 is 2.68 bits per heavy atom. The van der Waals surface area contributed by atoms with Crippen molar-refractivity contribution in [1.29, 1.82) is 0 Å². The quantitative estimate of drug-likeness (QED) is 0.569. The zero-order valence-corrected chi connectivity index (χ0v) is 15.6. The molecule has 0 aliphatic carbocycles. The Bertz CT molecular complexity index is 675. The van der Waals surface area contributed by atoms with E-state index in [2.05, 4.69) is 27.7 Å². The van der Waals surface area contributed by atoms with Gasteiger partial charge in [0.25, 0.3) is 0 Å². The van der Waals surface area contributed by atoms with Gasteiger partial charge in [0.1, 0.15) is 11.5 Å². The van der Waals surface area contributed by atoms with Gasteiger partial charge in [-0.2, -0.15) is 0 Å². The first-order valence-electron chi connectivity index (χ1n) is 8.80. The number of aryl methyl sites for hydroxylation is 2. The van der Waals surface area contributed by atoms with Gasteiger partial charge in [-0.3, -0.25) is 0 Å². The van der Waals surface area contributed by atoms with Gasteiger partial charge in [0.2, 0.25) is 0 Å². The highest BCUT2D eigenvalue weighted by Gasteiger charge is 2.09. The van der Waals surface area contributed by atoms with E-state index in [1.54, 1.807) is 0 Å². The summed E-state index contributed by atoms with van der Waals surface area (Å²) in [5.41, 5.74) is 3.18. The lowest BCUT2D eigenvalue weighted by atomic mass is 10.1. The Balaban J connectivity index is 1.96. The molecule has 0 bridgehead atoms. The van der Waals surface area contributed by atoms with Crippen LogP contribution in [0.25, 0.3) is 0 Å². The highest BCUT2D eigenvalue weighted by atomic mass is 16.5. The van der Waals surface area contributed by atoms with Gasteiger partial charge in [0.15, 0.2) is 5.96 Å². The molecular weight excluding hydrogens is 316 g/mol. The maximum Gasteiger partial charge on any atom is 0.191 e. The summed E-state index contributed by atoms with van der Waals surface area (Å²) < 4.78 is 10.9. The molecule has 136 valence electrons. The number of nitrogens with zero attached hydrogens (tertiary/aromatic N) is 2. The molecule has 0 radical (unpaired) electrons. The van der Waals surface area contributed by atoms with Crippen LogP contribution in [0.3, 0.4) is 0 Å². The zero-order chi connectivity index (χ0) is 18.1. The van der Waals surface area contributed by atoms with Gasteiger partial charge in [-0.1, -0.05) is 23.4 Å². The Kier molecular flexibility index (Phi) is 7.32. The number of rotatable bonds is 8. The van der Waals surface area contributed by atoms with Crippen LogP contribution in [0.1, 0.15) is 36.4 Å². The van der Waals surface area contributed by atoms with Gasteiger partial charge in [-0.15, -0.1) is 0 Å². The lowest BCUT2D eigenvalue weighted by molar-refractivity contribution is 0.336. The molecule has 0 unspecified atom stereocenters. The molecule has 0 aliphatic rings. The Labute approximate surface area is 149 Å². The number of para-hydroxylation sites is 1. The molecule has 2 rings (SSSR count). The molecule has 0 amide bonds. The number of benzene rings is 1. The van der Waals surface area contributed by atoms with Crippen molar-refractivity contribution in [1.82, 2.24) is 15.8 Å². The van der Waals surface area contributed by atoms with Crippen LogP contribution < -0.4 is 15.4 Å². The monoisotopic (exact) mass is 344 g/mol. The molecule has 1 aromatic heterocycles. The van der Waals surface area contributed by atoms with Crippen molar-refractivity contribution in [3.8, 4) is 5.75 Å². The molecule has 0 spiro atoms. The number of nitrogens with one attached hydrogen (secondary N) is 2. The van der Waals surface area contributed by atoms with Crippen LogP contribution in [-0.4, -0.2) is 30.8 Å². The first kappa shape index (κ1) is 18.8. The molecule has 6 heteroatoms. The largest absolute Gasteiger partial charge is 0.494 e. The van der Waals surface area contributed by atoms with Crippen molar-refractivity contribution in [2.24, 2.45) is 4.99 Å². The van der Waals surface area contributed by atoms with E-state index in [0.29, 0.717) is 13.2 Å². The maximum absolute atomic E-state index is 5.66. The van der Waals surface area contributed by atoms with Crippen molar-refractivity contribution in [3.05, 3.63) is 46.8 Å². The van der Waals surface area contributed by atoms with Crippen LogP contribution in [0.4, 0.5) is 0 Å². The molecule has 2 N–H and O–H groups in total. The Morgan fingerprint density at radius 1 is 1.20 bits per heavy atom. The normalized spacial score (nSPS) is 11.4. The minimum atomic E-state index is 0.566. The van der Waals surface area contributed by atoms with Crippen LogP contribution in [0, 0.1) is 13.8 Å². The molecule has 1 heterocycles. The van der Waals surface area contributed by atoms with Crippen molar-refractivity contribution in [3.63, 3.8) is 0 Å². The fraction of sp³-hybridized carbons (Fsp3) is 0.474. The van der Waals surface area contributed by atoms with Gasteiger partial charge >= 0.3 is 0 Å². The van der Waals surface area contributed by atoms with Crippen LogP contribution in [-0.2, 0) is 13.0 Å². The summed E-state index contributed by atoms with van der Waals surface area (Å²) in [4.78, 5) is 4.67. The summed E-state index contributed by atoms with van der Waals surface area (Å²) in [5, 5.41) is 10.6. The van der Waals surface area contributed by atoms with Gasteiger partial charge in [0, 0.05) is 24.2 Å². The lowest BCUT2D eigenvalue weighted by Gasteiger charge is -2.12. The van der Waals surface area contributed by atoms with Crippen molar-refractivity contribution >= 4 is 5.96 Å². The number of guanidine groups is 1. The summed E-state index contributed by atoms with van der Waals surface area (Å²) >= 11 is 0. The third-order valence-corrected chi connectivity index (χ3v) is 3.87. The van der Waals surface area contributed by atoms with E-state index in [-0.39, 0.29) is 0 Å². The SMILES string of the molecule is CCNC(=NCc1ccccc1OCC)NCCc1c(C)noc1C. The van der Waals surface area contributed by atoms with E-state index in [1.807, 2.05) is 45.0 Å². The molecule has 0 atom stereocenters. The fourth-order valence-electron chi connectivity index (χ4n) is 2.60. The molecule has 0 fully saturated rings. The smallest absolute Gasteiger partial charge is 0.191 e. The third kappa shape index (κ3) is 5.52. The highest BCUT2D eigenvalue weighted by molar-refractivity contribution is 5.79.